The van der Waals surface area contributed by atoms with Gasteiger partial charge in [0.1, 0.15) is 17.2 Å². The van der Waals surface area contributed by atoms with Gasteiger partial charge >= 0.3 is 0 Å². The van der Waals surface area contributed by atoms with Crippen molar-refractivity contribution in [3.63, 3.8) is 0 Å². The van der Waals surface area contributed by atoms with Gasteiger partial charge in [-0.1, -0.05) is 48.2 Å². The second kappa shape index (κ2) is 11.2. The number of anilines is 1. The van der Waals surface area contributed by atoms with Crippen LogP contribution in [0.2, 0.25) is 0 Å². The maximum Gasteiger partial charge on any atom is 0.234 e. The fraction of sp³-hybridized carbons (Fsp3) is 0.115. The van der Waals surface area contributed by atoms with E-state index in [1.54, 1.807) is 25.3 Å². The molecule has 34 heavy (non-hydrogen) atoms. The summed E-state index contributed by atoms with van der Waals surface area (Å²) in [7, 11) is 1.62. The Morgan fingerprint density at radius 3 is 2.44 bits per heavy atom. The van der Waals surface area contributed by atoms with Crippen LogP contribution in [0.15, 0.2) is 96.7 Å². The molecule has 1 heterocycles. The summed E-state index contributed by atoms with van der Waals surface area (Å²) in [5.41, 5.74) is 1.52. The van der Waals surface area contributed by atoms with Crippen molar-refractivity contribution in [2.75, 3.05) is 18.2 Å². The van der Waals surface area contributed by atoms with E-state index in [0.717, 1.165) is 11.3 Å². The molecule has 3 aromatic carbocycles. The lowest BCUT2D eigenvalue weighted by Gasteiger charge is -2.11. The Morgan fingerprint density at radius 2 is 1.71 bits per heavy atom. The number of aromatic nitrogens is 3. The second-order valence-corrected chi connectivity index (χ2v) is 8.12. The lowest BCUT2D eigenvalue weighted by atomic mass is 10.2. The highest BCUT2D eigenvalue weighted by Gasteiger charge is 2.17. The van der Waals surface area contributed by atoms with Crippen LogP contribution in [-0.4, -0.2) is 33.5 Å². The lowest BCUT2D eigenvalue weighted by molar-refractivity contribution is -0.113. The molecule has 1 N–H and O–H groups in total. The third-order valence-electron chi connectivity index (χ3n) is 4.83. The van der Waals surface area contributed by atoms with Gasteiger partial charge in [0.25, 0.3) is 0 Å². The van der Waals surface area contributed by atoms with E-state index in [1.807, 2.05) is 71.3 Å². The number of carbonyl (C=O) groups excluding carboxylic acids is 1. The van der Waals surface area contributed by atoms with Crippen LogP contribution in [0.4, 0.5) is 5.69 Å². The molecule has 0 unspecified atom stereocenters. The maximum atomic E-state index is 12.5. The minimum Gasteiger partial charge on any atom is -0.496 e. The van der Waals surface area contributed by atoms with E-state index in [0.29, 0.717) is 34.7 Å². The third-order valence-corrected chi connectivity index (χ3v) is 5.79. The lowest BCUT2D eigenvalue weighted by Crippen LogP contribution is -2.14. The zero-order chi connectivity index (χ0) is 23.8. The van der Waals surface area contributed by atoms with Gasteiger partial charge in [-0.3, -0.25) is 9.36 Å². The molecule has 0 atom stereocenters. The molecule has 0 aliphatic rings. The Hall–Kier alpha value is -4.04. The van der Waals surface area contributed by atoms with Gasteiger partial charge in [0.2, 0.25) is 5.91 Å². The average Bonchev–Trinajstić information content (AvgIpc) is 3.27. The van der Waals surface area contributed by atoms with Gasteiger partial charge in [0.15, 0.2) is 11.0 Å². The molecule has 0 saturated heterocycles. The summed E-state index contributed by atoms with van der Waals surface area (Å²) in [6.07, 6.45) is 1.77. The molecular formula is C26H24N4O3S. The van der Waals surface area contributed by atoms with Gasteiger partial charge in [0.05, 0.1) is 18.4 Å². The summed E-state index contributed by atoms with van der Waals surface area (Å²) < 4.78 is 13.2. The molecule has 4 aromatic rings. The van der Waals surface area contributed by atoms with Crippen LogP contribution in [0.1, 0.15) is 0 Å². The molecule has 172 valence electrons. The molecule has 7 nitrogen and oxygen atoms in total. The van der Waals surface area contributed by atoms with Crippen molar-refractivity contribution in [3.8, 4) is 28.6 Å². The maximum absolute atomic E-state index is 12.5. The van der Waals surface area contributed by atoms with Crippen LogP contribution >= 0.6 is 11.8 Å². The molecule has 0 aliphatic heterocycles. The molecule has 0 spiro atoms. The highest BCUT2D eigenvalue weighted by atomic mass is 32.2. The number of allylic oxidation sites excluding steroid dienone is 1. The number of hydrogen-bond donors (Lipinski definition) is 1. The smallest absolute Gasteiger partial charge is 0.234 e. The Kier molecular flexibility index (Phi) is 7.62. The van der Waals surface area contributed by atoms with Crippen molar-refractivity contribution >= 4 is 23.4 Å². The molecule has 0 radical (unpaired) electrons. The Morgan fingerprint density at radius 1 is 1.00 bits per heavy atom. The Balaban J connectivity index is 1.39. The van der Waals surface area contributed by atoms with Crippen molar-refractivity contribution in [1.82, 2.24) is 14.8 Å². The molecule has 4 rings (SSSR count). The monoisotopic (exact) mass is 472 g/mol. The fourth-order valence-electron chi connectivity index (χ4n) is 3.28. The fourth-order valence-corrected chi connectivity index (χ4v) is 4.02. The van der Waals surface area contributed by atoms with Crippen LogP contribution in [0.3, 0.4) is 0 Å². The molecule has 0 aliphatic carbocycles. The van der Waals surface area contributed by atoms with Crippen LogP contribution in [-0.2, 0) is 11.3 Å². The largest absolute Gasteiger partial charge is 0.496 e. The summed E-state index contributed by atoms with van der Waals surface area (Å²) in [5.74, 6) is 2.85. The number of amides is 1. The van der Waals surface area contributed by atoms with E-state index in [4.69, 9.17) is 9.47 Å². The highest BCUT2D eigenvalue weighted by Crippen LogP contribution is 2.31. The first-order valence-corrected chi connectivity index (χ1v) is 11.6. The SMILES string of the molecule is C=CCn1c(SCC(=O)Nc2ccc(Oc3ccccc3)cc2)nnc1-c1ccccc1OC. The number of thioether (sulfide) groups is 1. The Bertz CT molecular complexity index is 1260. The zero-order valence-corrected chi connectivity index (χ0v) is 19.5. The molecule has 0 saturated carbocycles. The number of methoxy groups -OCH3 is 1. The Labute approximate surface area is 202 Å². The molecule has 8 heteroatoms. The second-order valence-electron chi connectivity index (χ2n) is 7.18. The first kappa shape index (κ1) is 23.1. The third kappa shape index (κ3) is 5.65. The molecule has 0 bridgehead atoms. The minimum absolute atomic E-state index is 0.145. The topological polar surface area (TPSA) is 78.3 Å². The first-order chi connectivity index (χ1) is 16.7. The van der Waals surface area contributed by atoms with Crippen LogP contribution in [0.25, 0.3) is 11.4 Å². The van der Waals surface area contributed by atoms with Gasteiger partial charge in [-0.2, -0.15) is 0 Å². The van der Waals surface area contributed by atoms with E-state index in [2.05, 4.69) is 22.1 Å². The van der Waals surface area contributed by atoms with Crippen LogP contribution in [0.5, 0.6) is 17.2 Å². The summed E-state index contributed by atoms with van der Waals surface area (Å²) in [6, 6.07) is 24.4. The van der Waals surface area contributed by atoms with Crippen molar-refractivity contribution in [3.05, 3.63) is 91.5 Å². The van der Waals surface area contributed by atoms with E-state index < -0.39 is 0 Å². The predicted octanol–water partition coefficient (Wildman–Crippen LogP) is 5.66. The van der Waals surface area contributed by atoms with Gasteiger partial charge in [-0.05, 0) is 48.5 Å². The van der Waals surface area contributed by atoms with Crippen molar-refractivity contribution < 1.29 is 14.3 Å². The quantitative estimate of drug-likeness (QED) is 0.237. The predicted molar refractivity (Wildman–Crippen MR) is 135 cm³/mol. The zero-order valence-electron chi connectivity index (χ0n) is 18.7. The van der Waals surface area contributed by atoms with Gasteiger partial charge < -0.3 is 14.8 Å². The van der Waals surface area contributed by atoms with Crippen molar-refractivity contribution in [1.29, 1.82) is 0 Å². The summed E-state index contributed by atoms with van der Waals surface area (Å²) in [5, 5.41) is 12.2. The minimum atomic E-state index is -0.145. The number of carbonyl (C=O) groups is 1. The van der Waals surface area contributed by atoms with Crippen LogP contribution < -0.4 is 14.8 Å². The van der Waals surface area contributed by atoms with Crippen molar-refractivity contribution in [2.24, 2.45) is 0 Å². The number of ether oxygens (including phenoxy) is 2. The summed E-state index contributed by atoms with van der Waals surface area (Å²) >= 11 is 1.31. The standard InChI is InChI=1S/C26H24N4O3S/c1-3-17-30-25(22-11-7-8-12-23(22)32-2)28-29-26(30)34-18-24(31)27-19-13-15-21(16-14-19)33-20-9-5-4-6-10-20/h3-16H,1,17-18H2,2H3,(H,27,31). The number of rotatable bonds is 10. The number of benzene rings is 3. The van der Waals surface area contributed by atoms with Gasteiger partial charge in [0, 0.05) is 12.2 Å². The molecule has 0 fully saturated rings. The highest BCUT2D eigenvalue weighted by molar-refractivity contribution is 7.99. The average molecular weight is 473 g/mol. The number of hydrogen-bond acceptors (Lipinski definition) is 6. The van der Waals surface area contributed by atoms with E-state index in [-0.39, 0.29) is 11.7 Å². The van der Waals surface area contributed by atoms with E-state index in [1.165, 1.54) is 11.8 Å². The summed E-state index contributed by atoms with van der Waals surface area (Å²) in [6.45, 7) is 4.34. The number of nitrogens with zero attached hydrogens (tertiary/aromatic N) is 3. The van der Waals surface area contributed by atoms with Gasteiger partial charge in [-0.15, -0.1) is 16.8 Å². The summed E-state index contributed by atoms with van der Waals surface area (Å²) in [4.78, 5) is 12.5. The van der Waals surface area contributed by atoms with Gasteiger partial charge in [-0.25, -0.2) is 0 Å². The van der Waals surface area contributed by atoms with E-state index >= 15 is 0 Å². The normalized spacial score (nSPS) is 10.5. The molecular weight excluding hydrogens is 448 g/mol. The number of para-hydroxylation sites is 2. The molecule has 1 amide bonds. The van der Waals surface area contributed by atoms with E-state index in [9.17, 15) is 4.79 Å². The number of nitrogens with one attached hydrogen (secondary N) is 1. The van der Waals surface area contributed by atoms with Crippen molar-refractivity contribution in [2.45, 2.75) is 11.7 Å². The van der Waals surface area contributed by atoms with Crippen LogP contribution in [0, 0.1) is 0 Å². The first-order valence-electron chi connectivity index (χ1n) is 10.6. The molecule has 1 aromatic heterocycles.